The number of morpholine rings is 1. The summed E-state index contributed by atoms with van der Waals surface area (Å²) in [6.45, 7) is 3.13. The number of imidazole rings is 1. The van der Waals surface area contributed by atoms with Gasteiger partial charge >= 0.3 is 0 Å². The van der Waals surface area contributed by atoms with E-state index in [1.54, 1.807) is 5.48 Å². The lowest BCUT2D eigenvalue weighted by molar-refractivity contribution is 0.0705. The number of hydrogen-bond donors (Lipinski definition) is 3. The van der Waals surface area contributed by atoms with Crippen molar-refractivity contribution in [3.8, 4) is 11.4 Å². The molecule has 208 valence electrons. The number of ether oxygens (including phenoxy) is 1. The highest BCUT2D eigenvalue weighted by Gasteiger charge is 2.28. The van der Waals surface area contributed by atoms with Crippen LogP contribution in [0, 0.1) is 0 Å². The Kier molecular flexibility index (Phi) is 7.13. The Morgan fingerprint density at radius 2 is 1.80 bits per heavy atom. The van der Waals surface area contributed by atoms with Crippen LogP contribution in [0.2, 0.25) is 0 Å². The molecule has 4 heterocycles. The van der Waals surface area contributed by atoms with Gasteiger partial charge in [-0.2, -0.15) is 0 Å². The summed E-state index contributed by atoms with van der Waals surface area (Å²) in [6, 6.07) is 7.89. The van der Waals surface area contributed by atoms with Crippen LogP contribution in [-0.4, -0.2) is 74.0 Å². The molecule has 2 fully saturated rings. The molecular weight excluding hydrogens is 512 g/mol. The summed E-state index contributed by atoms with van der Waals surface area (Å²) in [4.78, 5) is 39.7. The fourth-order valence-corrected chi connectivity index (χ4v) is 5.40. The smallest absolute Gasteiger partial charge is 0.277 e. The molecule has 1 aromatic carbocycles. The highest BCUT2D eigenvalue weighted by molar-refractivity contribution is 5.92. The number of rotatable bonds is 7. The van der Waals surface area contributed by atoms with Crippen molar-refractivity contribution in [1.29, 1.82) is 0 Å². The lowest BCUT2D eigenvalue weighted by Gasteiger charge is -2.28. The molecule has 1 aliphatic carbocycles. The van der Waals surface area contributed by atoms with Crippen LogP contribution in [-0.2, 0) is 11.3 Å². The molecule has 6 rings (SSSR count). The Morgan fingerprint density at radius 1 is 1.10 bits per heavy atom. The van der Waals surface area contributed by atoms with Crippen LogP contribution < -0.4 is 21.0 Å². The van der Waals surface area contributed by atoms with Gasteiger partial charge in [-0.15, -0.1) is 0 Å². The number of anilines is 3. The number of hydroxylamine groups is 1. The van der Waals surface area contributed by atoms with Gasteiger partial charge < -0.3 is 24.8 Å². The minimum atomic E-state index is -0.664. The fourth-order valence-electron chi connectivity index (χ4n) is 5.40. The van der Waals surface area contributed by atoms with Crippen molar-refractivity contribution >= 4 is 34.5 Å². The standard InChI is InChI=1S/C27H32N10O3/c1-35(27-29-14-18(15-30-27)26(38)34-39)16-21-31-22-24(36-10-12-40-13-11-36)32-23(17-6-8-19(28)9-7-17)33-25(22)37(21)20-4-2-3-5-20/h6-9,14-15,20,39H,2-5,10-13,16,28H2,1H3,(H,34,38). The van der Waals surface area contributed by atoms with Gasteiger partial charge in [-0.05, 0) is 37.1 Å². The van der Waals surface area contributed by atoms with E-state index in [0.717, 1.165) is 67.1 Å². The molecule has 0 atom stereocenters. The van der Waals surface area contributed by atoms with E-state index in [-0.39, 0.29) is 11.6 Å². The molecule has 0 unspecified atom stereocenters. The summed E-state index contributed by atoms with van der Waals surface area (Å²) in [5, 5.41) is 8.88. The van der Waals surface area contributed by atoms with Crippen LogP contribution in [0.4, 0.5) is 17.5 Å². The normalized spacial score (nSPS) is 16.0. The summed E-state index contributed by atoms with van der Waals surface area (Å²) in [5.74, 6) is 2.05. The topological polar surface area (TPSA) is 160 Å². The van der Waals surface area contributed by atoms with Crippen LogP contribution in [0.1, 0.15) is 47.9 Å². The van der Waals surface area contributed by atoms with Gasteiger partial charge in [-0.3, -0.25) is 10.0 Å². The summed E-state index contributed by atoms with van der Waals surface area (Å²) < 4.78 is 7.90. The van der Waals surface area contributed by atoms with E-state index in [9.17, 15) is 4.79 Å². The number of nitrogens with one attached hydrogen (secondary N) is 1. The van der Waals surface area contributed by atoms with Crippen molar-refractivity contribution in [2.45, 2.75) is 38.3 Å². The second-order valence-electron chi connectivity index (χ2n) is 10.2. The number of benzene rings is 1. The average molecular weight is 545 g/mol. The third-order valence-electron chi connectivity index (χ3n) is 7.49. The fraction of sp³-hybridized carbons (Fsp3) is 0.407. The predicted octanol–water partition coefficient (Wildman–Crippen LogP) is 2.57. The first-order chi connectivity index (χ1) is 19.5. The van der Waals surface area contributed by atoms with Gasteiger partial charge in [0.25, 0.3) is 5.91 Å². The lowest BCUT2D eigenvalue weighted by Crippen LogP contribution is -2.37. The van der Waals surface area contributed by atoms with E-state index in [0.29, 0.717) is 37.2 Å². The first-order valence-electron chi connectivity index (χ1n) is 13.5. The molecule has 1 aliphatic heterocycles. The van der Waals surface area contributed by atoms with Gasteiger partial charge in [0.2, 0.25) is 5.95 Å². The Labute approximate surface area is 231 Å². The van der Waals surface area contributed by atoms with Crippen LogP contribution in [0.15, 0.2) is 36.7 Å². The van der Waals surface area contributed by atoms with E-state index in [1.807, 2.05) is 36.2 Å². The third-order valence-corrected chi connectivity index (χ3v) is 7.49. The van der Waals surface area contributed by atoms with Gasteiger partial charge in [-0.1, -0.05) is 12.8 Å². The Balaban J connectivity index is 1.45. The van der Waals surface area contributed by atoms with Gasteiger partial charge in [0.1, 0.15) is 5.82 Å². The Hall–Kier alpha value is -4.36. The van der Waals surface area contributed by atoms with Crippen molar-refractivity contribution < 1.29 is 14.7 Å². The van der Waals surface area contributed by atoms with Crippen molar-refractivity contribution in [3.05, 3.63) is 48.0 Å². The molecular formula is C27H32N10O3. The molecule has 2 aliphatic rings. The first kappa shape index (κ1) is 25.9. The van der Waals surface area contributed by atoms with Gasteiger partial charge in [0.05, 0.1) is 25.3 Å². The average Bonchev–Trinajstić information content (AvgIpc) is 3.65. The van der Waals surface area contributed by atoms with Gasteiger partial charge in [0, 0.05) is 49.8 Å². The van der Waals surface area contributed by atoms with E-state index in [4.69, 9.17) is 30.6 Å². The summed E-state index contributed by atoms with van der Waals surface area (Å²) in [7, 11) is 1.88. The lowest BCUT2D eigenvalue weighted by atomic mass is 10.2. The van der Waals surface area contributed by atoms with Gasteiger partial charge in [0.15, 0.2) is 22.8 Å². The van der Waals surface area contributed by atoms with E-state index in [1.165, 1.54) is 12.4 Å². The monoisotopic (exact) mass is 544 g/mol. The van der Waals surface area contributed by atoms with Crippen molar-refractivity contribution in [3.63, 3.8) is 0 Å². The van der Waals surface area contributed by atoms with Crippen molar-refractivity contribution in [2.24, 2.45) is 0 Å². The molecule has 1 amide bonds. The molecule has 0 bridgehead atoms. The molecule has 3 aromatic heterocycles. The second-order valence-corrected chi connectivity index (χ2v) is 10.2. The molecule has 0 spiro atoms. The molecule has 0 radical (unpaired) electrons. The van der Waals surface area contributed by atoms with Crippen LogP contribution in [0.3, 0.4) is 0 Å². The maximum atomic E-state index is 11.7. The van der Waals surface area contributed by atoms with Crippen LogP contribution >= 0.6 is 0 Å². The molecule has 40 heavy (non-hydrogen) atoms. The number of hydrogen-bond acceptors (Lipinski definition) is 11. The highest BCUT2D eigenvalue weighted by atomic mass is 16.5. The highest BCUT2D eigenvalue weighted by Crippen LogP contribution is 2.37. The minimum absolute atomic E-state index is 0.165. The molecule has 13 nitrogen and oxygen atoms in total. The van der Waals surface area contributed by atoms with Crippen molar-refractivity contribution in [1.82, 2.24) is 35.0 Å². The number of fused-ring (bicyclic) bond motifs is 1. The van der Waals surface area contributed by atoms with Gasteiger partial charge in [-0.25, -0.2) is 30.4 Å². The van der Waals surface area contributed by atoms with Crippen molar-refractivity contribution in [2.75, 3.05) is 48.9 Å². The minimum Gasteiger partial charge on any atom is -0.399 e. The van der Waals surface area contributed by atoms with Crippen LogP contribution in [0.5, 0.6) is 0 Å². The Bertz CT molecular complexity index is 1490. The third kappa shape index (κ3) is 5.00. The predicted molar refractivity (Wildman–Crippen MR) is 149 cm³/mol. The SMILES string of the molecule is CN(Cc1nc2c(N3CCOCC3)nc(-c3ccc(N)cc3)nc2n1C1CCCC1)c1ncc(C(=O)NO)cn1. The van der Waals surface area contributed by atoms with E-state index in [2.05, 4.69) is 19.4 Å². The quantitative estimate of drug-likeness (QED) is 0.178. The number of nitrogens with two attached hydrogens (primary N) is 1. The summed E-state index contributed by atoms with van der Waals surface area (Å²) in [6.07, 6.45) is 7.18. The second kappa shape index (κ2) is 11.0. The molecule has 13 heteroatoms. The zero-order chi connectivity index (χ0) is 27.6. The molecule has 1 saturated carbocycles. The number of carbonyl (C=O) groups excluding carboxylic acids is 1. The number of nitrogen functional groups attached to an aromatic ring is 1. The summed E-state index contributed by atoms with van der Waals surface area (Å²) >= 11 is 0. The largest absolute Gasteiger partial charge is 0.399 e. The zero-order valence-electron chi connectivity index (χ0n) is 22.3. The Morgan fingerprint density at radius 3 is 2.48 bits per heavy atom. The summed E-state index contributed by atoms with van der Waals surface area (Å²) in [5.41, 5.74) is 10.9. The maximum Gasteiger partial charge on any atom is 0.277 e. The van der Waals surface area contributed by atoms with E-state index >= 15 is 0 Å². The number of nitrogens with zero attached hydrogens (tertiary/aromatic N) is 8. The molecule has 4 aromatic rings. The molecule has 4 N–H and O–H groups in total. The van der Waals surface area contributed by atoms with Crippen LogP contribution in [0.25, 0.3) is 22.6 Å². The number of amides is 1. The van der Waals surface area contributed by atoms with E-state index < -0.39 is 5.91 Å². The zero-order valence-corrected chi connectivity index (χ0v) is 22.3. The maximum absolute atomic E-state index is 11.7. The number of aromatic nitrogens is 6. The number of carbonyl (C=O) groups is 1. The first-order valence-corrected chi connectivity index (χ1v) is 13.5. The molecule has 1 saturated heterocycles.